The summed E-state index contributed by atoms with van der Waals surface area (Å²) >= 11 is 4.48. The summed E-state index contributed by atoms with van der Waals surface area (Å²) in [6.07, 6.45) is 9.82. The lowest BCUT2D eigenvalue weighted by Gasteiger charge is -2.29. The van der Waals surface area contributed by atoms with Gasteiger partial charge in [-0.15, -0.1) is 12.6 Å². The number of hydrogen-bond acceptors (Lipinski definition) is 1. The van der Waals surface area contributed by atoms with Gasteiger partial charge in [-0.1, -0.05) is 43.4 Å². The van der Waals surface area contributed by atoms with E-state index >= 15 is 0 Å². The van der Waals surface area contributed by atoms with Crippen LogP contribution in [0.15, 0.2) is 47.4 Å². The normalized spacial score (nSPS) is 24.5. The highest BCUT2D eigenvalue weighted by atomic mass is 32.1. The van der Waals surface area contributed by atoms with Crippen LogP contribution in [0.4, 0.5) is 0 Å². The van der Waals surface area contributed by atoms with Gasteiger partial charge in [-0.05, 0) is 30.5 Å². The molecule has 0 radical (unpaired) electrons. The average molecular weight is 216 g/mol. The van der Waals surface area contributed by atoms with E-state index in [9.17, 15) is 0 Å². The molecule has 0 saturated heterocycles. The predicted octanol–water partition coefficient (Wildman–Crippen LogP) is 4.06. The topological polar surface area (TPSA) is 0 Å². The van der Waals surface area contributed by atoms with Gasteiger partial charge in [-0.3, -0.25) is 0 Å². The van der Waals surface area contributed by atoms with E-state index in [4.69, 9.17) is 0 Å². The molecule has 0 bridgehead atoms. The first-order chi connectivity index (χ1) is 7.13. The minimum atomic E-state index is 0.136. The molecule has 1 aliphatic carbocycles. The van der Waals surface area contributed by atoms with Crippen LogP contribution in [0.2, 0.25) is 0 Å². The lowest BCUT2D eigenvalue weighted by Crippen LogP contribution is -2.20. The van der Waals surface area contributed by atoms with Crippen molar-refractivity contribution in [3.63, 3.8) is 0 Å². The molecular weight excluding hydrogens is 200 g/mol. The molecule has 1 aliphatic rings. The third-order valence-corrected chi connectivity index (χ3v) is 3.66. The number of hydrogen-bond donors (Lipinski definition) is 1. The fourth-order valence-electron chi connectivity index (χ4n) is 2.17. The molecule has 78 valence electrons. The lowest BCUT2D eigenvalue weighted by atomic mass is 9.75. The molecule has 0 nitrogen and oxygen atoms in total. The molecule has 1 unspecified atom stereocenters. The van der Waals surface area contributed by atoms with E-state index in [1.54, 1.807) is 0 Å². The van der Waals surface area contributed by atoms with Crippen LogP contribution in [-0.4, -0.2) is 0 Å². The maximum absolute atomic E-state index is 4.48. The molecule has 1 aromatic carbocycles. The van der Waals surface area contributed by atoms with Gasteiger partial charge in [0.1, 0.15) is 0 Å². The summed E-state index contributed by atoms with van der Waals surface area (Å²) in [7, 11) is 0. The molecule has 1 heteroatoms. The minimum absolute atomic E-state index is 0.136. The molecule has 0 aliphatic heterocycles. The number of allylic oxidation sites excluding steroid dienone is 4. The van der Waals surface area contributed by atoms with Crippen LogP contribution in [0.25, 0.3) is 0 Å². The van der Waals surface area contributed by atoms with Crippen molar-refractivity contribution in [2.45, 2.75) is 30.6 Å². The second kappa shape index (κ2) is 3.90. The van der Waals surface area contributed by atoms with Crippen LogP contribution >= 0.6 is 12.6 Å². The van der Waals surface area contributed by atoms with Crippen molar-refractivity contribution in [3.8, 4) is 0 Å². The van der Waals surface area contributed by atoms with E-state index in [0.29, 0.717) is 0 Å². The zero-order valence-electron chi connectivity index (χ0n) is 9.20. The fraction of sp³-hybridized carbons (Fsp3) is 0.286. The van der Waals surface area contributed by atoms with Crippen molar-refractivity contribution in [1.29, 1.82) is 0 Å². The first-order valence-electron chi connectivity index (χ1n) is 5.27. The third-order valence-electron chi connectivity index (χ3n) is 3.17. The van der Waals surface area contributed by atoms with Gasteiger partial charge in [0, 0.05) is 10.3 Å². The summed E-state index contributed by atoms with van der Waals surface area (Å²) in [5.41, 5.74) is 2.82. The van der Waals surface area contributed by atoms with Crippen molar-refractivity contribution >= 4 is 12.6 Å². The molecule has 0 heterocycles. The lowest BCUT2D eigenvalue weighted by molar-refractivity contribution is 0.593. The Hall–Kier alpha value is -0.950. The average Bonchev–Trinajstić information content (AvgIpc) is 2.23. The zero-order chi connectivity index (χ0) is 10.9. The highest BCUT2D eigenvalue weighted by Gasteiger charge is 2.25. The Bertz CT molecular complexity index is 429. The number of rotatable bonds is 1. The Morgan fingerprint density at radius 3 is 2.73 bits per heavy atom. The van der Waals surface area contributed by atoms with Crippen LogP contribution in [0.5, 0.6) is 0 Å². The Morgan fingerprint density at radius 1 is 1.27 bits per heavy atom. The van der Waals surface area contributed by atoms with Crippen molar-refractivity contribution in [2.75, 3.05) is 0 Å². The van der Waals surface area contributed by atoms with Crippen molar-refractivity contribution in [3.05, 3.63) is 53.6 Å². The van der Waals surface area contributed by atoms with E-state index in [0.717, 1.165) is 11.3 Å². The quantitative estimate of drug-likeness (QED) is 0.672. The molecule has 0 N–H and O–H groups in total. The molecule has 0 aromatic heterocycles. The monoisotopic (exact) mass is 216 g/mol. The molecule has 0 saturated carbocycles. The molecular formula is C14H16S. The molecule has 0 amide bonds. The van der Waals surface area contributed by atoms with E-state index in [-0.39, 0.29) is 5.41 Å². The number of benzene rings is 1. The van der Waals surface area contributed by atoms with Gasteiger partial charge in [-0.2, -0.15) is 0 Å². The van der Waals surface area contributed by atoms with Crippen LogP contribution in [-0.2, 0) is 5.41 Å². The Morgan fingerprint density at radius 2 is 2.07 bits per heavy atom. The SMILES string of the molecule is Cc1c(S)cccc1C1(C)C=CC=CC1. The number of thiol groups is 1. The molecule has 15 heavy (non-hydrogen) atoms. The van der Waals surface area contributed by atoms with Gasteiger partial charge in [0.15, 0.2) is 0 Å². The highest BCUT2D eigenvalue weighted by molar-refractivity contribution is 7.80. The summed E-state index contributed by atoms with van der Waals surface area (Å²) in [5.74, 6) is 0. The Kier molecular flexibility index (Phi) is 2.74. The smallest absolute Gasteiger partial charge is 0.0144 e. The maximum Gasteiger partial charge on any atom is 0.0144 e. The summed E-state index contributed by atoms with van der Waals surface area (Å²) in [5, 5.41) is 0. The first-order valence-corrected chi connectivity index (χ1v) is 5.72. The van der Waals surface area contributed by atoms with Crippen LogP contribution < -0.4 is 0 Å². The summed E-state index contributed by atoms with van der Waals surface area (Å²) in [4.78, 5) is 1.08. The fourth-order valence-corrected chi connectivity index (χ4v) is 2.38. The van der Waals surface area contributed by atoms with E-state index in [1.165, 1.54) is 11.1 Å². The third kappa shape index (κ3) is 1.89. The summed E-state index contributed by atoms with van der Waals surface area (Å²) < 4.78 is 0. The van der Waals surface area contributed by atoms with Gasteiger partial charge in [-0.25, -0.2) is 0 Å². The highest BCUT2D eigenvalue weighted by Crippen LogP contribution is 2.35. The van der Waals surface area contributed by atoms with Crippen molar-refractivity contribution < 1.29 is 0 Å². The van der Waals surface area contributed by atoms with E-state index < -0.39 is 0 Å². The Balaban J connectivity index is 2.49. The largest absolute Gasteiger partial charge is 0.143 e. The second-order valence-electron chi connectivity index (χ2n) is 4.36. The molecule has 1 atom stereocenters. The van der Waals surface area contributed by atoms with Gasteiger partial charge in [0.25, 0.3) is 0 Å². The molecule has 2 rings (SSSR count). The van der Waals surface area contributed by atoms with E-state index in [1.807, 2.05) is 6.07 Å². The minimum Gasteiger partial charge on any atom is -0.143 e. The first kappa shape index (κ1) is 10.6. The molecule has 0 fully saturated rings. The second-order valence-corrected chi connectivity index (χ2v) is 4.84. The predicted molar refractivity (Wildman–Crippen MR) is 68.7 cm³/mol. The molecule has 1 aromatic rings. The Labute approximate surface area is 97.1 Å². The van der Waals surface area contributed by atoms with Crippen LogP contribution in [0.3, 0.4) is 0 Å². The van der Waals surface area contributed by atoms with Gasteiger partial charge in [0.2, 0.25) is 0 Å². The summed E-state index contributed by atoms with van der Waals surface area (Å²) in [6, 6.07) is 6.34. The van der Waals surface area contributed by atoms with Gasteiger partial charge in [0.05, 0.1) is 0 Å². The summed E-state index contributed by atoms with van der Waals surface area (Å²) in [6.45, 7) is 4.43. The van der Waals surface area contributed by atoms with Crippen LogP contribution in [0.1, 0.15) is 24.5 Å². The van der Waals surface area contributed by atoms with Gasteiger partial charge >= 0.3 is 0 Å². The standard InChI is InChI=1S/C14H16S/c1-11-12(7-6-8-13(11)15)14(2)9-4-3-5-10-14/h3-9,15H,10H2,1-2H3. The van der Waals surface area contributed by atoms with E-state index in [2.05, 4.69) is 62.9 Å². The van der Waals surface area contributed by atoms with Crippen molar-refractivity contribution in [1.82, 2.24) is 0 Å². The molecule has 0 spiro atoms. The van der Waals surface area contributed by atoms with Gasteiger partial charge < -0.3 is 0 Å². The maximum atomic E-state index is 4.48. The van der Waals surface area contributed by atoms with Crippen molar-refractivity contribution in [2.24, 2.45) is 0 Å². The van der Waals surface area contributed by atoms with Crippen LogP contribution in [0, 0.1) is 6.92 Å². The zero-order valence-corrected chi connectivity index (χ0v) is 10.1.